The molecule has 0 bridgehead atoms. The first-order valence-corrected chi connectivity index (χ1v) is 7.53. The van der Waals surface area contributed by atoms with E-state index in [0.717, 1.165) is 28.4 Å². The topological polar surface area (TPSA) is 43.3 Å². The normalized spacial score (nSPS) is 10.8. The minimum Gasteiger partial charge on any atom is -0.385 e. The van der Waals surface area contributed by atoms with Crippen molar-refractivity contribution in [2.24, 2.45) is 0 Å². The van der Waals surface area contributed by atoms with E-state index in [1.807, 2.05) is 25.3 Å². The Morgan fingerprint density at radius 1 is 1.30 bits per heavy atom. The van der Waals surface area contributed by atoms with Gasteiger partial charge in [0.25, 0.3) is 5.91 Å². The van der Waals surface area contributed by atoms with Crippen LogP contribution in [0.1, 0.15) is 28.2 Å². The molecule has 0 aliphatic rings. The summed E-state index contributed by atoms with van der Waals surface area (Å²) in [6.07, 6.45) is 0.823. The number of aryl methyl sites for hydroxylation is 2. The Labute approximate surface area is 123 Å². The van der Waals surface area contributed by atoms with Crippen LogP contribution in [0.5, 0.6) is 0 Å². The number of hydrogen-bond donors (Lipinski definition) is 1. The van der Waals surface area contributed by atoms with E-state index in [9.17, 15) is 4.79 Å². The van der Waals surface area contributed by atoms with Gasteiger partial charge in [0.05, 0.1) is 5.56 Å². The third-order valence-corrected chi connectivity index (χ3v) is 4.07. The fourth-order valence-electron chi connectivity index (χ4n) is 2.15. The Balaban J connectivity index is 2.15. The van der Waals surface area contributed by atoms with Gasteiger partial charge in [-0.05, 0) is 43.8 Å². The highest BCUT2D eigenvalue weighted by molar-refractivity contribution is 7.13. The molecule has 0 radical (unpaired) electrons. The van der Waals surface area contributed by atoms with Crippen LogP contribution in [0.2, 0.25) is 0 Å². The maximum atomic E-state index is 12.2. The molecular formula is C15H20N2O2S. The zero-order chi connectivity index (χ0) is 14.5. The van der Waals surface area contributed by atoms with E-state index in [4.69, 9.17) is 4.74 Å². The number of hydrogen-bond acceptors (Lipinski definition) is 3. The van der Waals surface area contributed by atoms with Crippen molar-refractivity contribution in [2.45, 2.75) is 20.3 Å². The van der Waals surface area contributed by atoms with Crippen molar-refractivity contribution in [1.29, 1.82) is 0 Å². The van der Waals surface area contributed by atoms with Crippen LogP contribution in [0.3, 0.4) is 0 Å². The number of carbonyl (C=O) groups excluding carboxylic acids is 1. The number of nitrogens with zero attached hydrogens (tertiary/aromatic N) is 1. The van der Waals surface area contributed by atoms with E-state index in [1.165, 1.54) is 0 Å². The van der Waals surface area contributed by atoms with Crippen molar-refractivity contribution >= 4 is 17.2 Å². The van der Waals surface area contributed by atoms with Crippen LogP contribution in [-0.2, 0) is 4.74 Å². The van der Waals surface area contributed by atoms with Gasteiger partial charge in [-0.1, -0.05) is 0 Å². The minimum absolute atomic E-state index is 0.0233. The number of amides is 1. The molecule has 0 spiro atoms. The van der Waals surface area contributed by atoms with E-state index in [2.05, 4.69) is 22.0 Å². The van der Waals surface area contributed by atoms with E-state index >= 15 is 0 Å². The molecule has 1 amide bonds. The molecule has 108 valence electrons. The minimum atomic E-state index is -0.0233. The maximum Gasteiger partial charge on any atom is 0.254 e. The van der Waals surface area contributed by atoms with E-state index in [0.29, 0.717) is 13.2 Å². The first-order chi connectivity index (χ1) is 9.65. The smallest absolute Gasteiger partial charge is 0.254 e. The number of methoxy groups -OCH3 is 1. The van der Waals surface area contributed by atoms with Gasteiger partial charge in [-0.25, -0.2) is 0 Å². The van der Waals surface area contributed by atoms with Gasteiger partial charge in [0.1, 0.15) is 5.00 Å². The molecule has 1 N–H and O–H groups in total. The summed E-state index contributed by atoms with van der Waals surface area (Å²) in [5.41, 5.74) is 3.01. The molecule has 0 aromatic carbocycles. The summed E-state index contributed by atoms with van der Waals surface area (Å²) in [5, 5.41) is 5.87. The fourth-order valence-corrected chi connectivity index (χ4v) is 3.16. The monoisotopic (exact) mass is 292 g/mol. The average molecular weight is 292 g/mol. The van der Waals surface area contributed by atoms with Gasteiger partial charge in [-0.3, -0.25) is 4.79 Å². The van der Waals surface area contributed by atoms with Gasteiger partial charge in [0, 0.05) is 31.6 Å². The van der Waals surface area contributed by atoms with Gasteiger partial charge in [-0.15, -0.1) is 11.3 Å². The third-order valence-electron chi connectivity index (χ3n) is 3.17. The van der Waals surface area contributed by atoms with Crippen molar-refractivity contribution < 1.29 is 9.53 Å². The van der Waals surface area contributed by atoms with Crippen LogP contribution in [0, 0.1) is 13.8 Å². The summed E-state index contributed by atoms with van der Waals surface area (Å²) in [7, 11) is 1.66. The van der Waals surface area contributed by atoms with Crippen molar-refractivity contribution in [1.82, 2.24) is 9.88 Å². The highest BCUT2D eigenvalue weighted by Gasteiger charge is 2.16. The Morgan fingerprint density at radius 3 is 2.65 bits per heavy atom. The van der Waals surface area contributed by atoms with Crippen molar-refractivity contribution in [2.75, 3.05) is 20.3 Å². The molecule has 2 aromatic heterocycles. The molecule has 20 heavy (non-hydrogen) atoms. The van der Waals surface area contributed by atoms with E-state index < -0.39 is 0 Å². The molecule has 0 aliphatic carbocycles. The van der Waals surface area contributed by atoms with Crippen LogP contribution in [0.4, 0.5) is 0 Å². The molecule has 0 fully saturated rings. The maximum absolute atomic E-state index is 12.2. The largest absolute Gasteiger partial charge is 0.385 e. The van der Waals surface area contributed by atoms with Gasteiger partial charge in [0.2, 0.25) is 0 Å². The second kappa shape index (κ2) is 6.72. The second-order valence-electron chi connectivity index (χ2n) is 4.69. The Bertz CT molecular complexity index is 567. The highest BCUT2D eigenvalue weighted by atomic mass is 32.1. The van der Waals surface area contributed by atoms with Crippen molar-refractivity contribution in [3.8, 4) is 5.00 Å². The fraction of sp³-hybridized carbons (Fsp3) is 0.400. The van der Waals surface area contributed by atoms with Crippen LogP contribution < -0.4 is 5.32 Å². The zero-order valence-electron chi connectivity index (χ0n) is 12.1. The number of carbonyl (C=O) groups is 1. The molecule has 0 aliphatic heterocycles. The number of rotatable bonds is 6. The first-order valence-electron chi connectivity index (χ1n) is 6.65. The molecule has 0 atom stereocenters. The molecule has 2 aromatic rings. The molecule has 2 rings (SSSR count). The predicted octanol–water partition coefficient (Wildman–Crippen LogP) is 2.92. The second-order valence-corrected chi connectivity index (χ2v) is 5.59. The lowest BCUT2D eigenvalue weighted by atomic mass is 10.3. The summed E-state index contributed by atoms with van der Waals surface area (Å²) >= 11 is 1.59. The lowest BCUT2D eigenvalue weighted by molar-refractivity contribution is 0.0949. The molecule has 4 nitrogen and oxygen atoms in total. The molecular weight excluding hydrogens is 272 g/mol. The van der Waals surface area contributed by atoms with Crippen LogP contribution in [-0.4, -0.2) is 30.7 Å². The summed E-state index contributed by atoms with van der Waals surface area (Å²) < 4.78 is 7.09. The average Bonchev–Trinajstić information content (AvgIpc) is 3.01. The van der Waals surface area contributed by atoms with E-state index in [1.54, 1.807) is 18.4 Å². The zero-order valence-corrected chi connectivity index (χ0v) is 12.9. The predicted molar refractivity (Wildman–Crippen MR) is 81.9 cm³/mol. The Kier molecular flexibility index (Phi) is 4.98. The van der Waals surface area contributed by atoms with Gasteiger partial charge in [-0.2, -0.15) is 0 Å². The highest BCUT2D eigenvalue weighted by Crippen LogP contribution is 2.25. The van der Waals surface area contributed by atoms with Crippen LogP contribution in [0.25, 0.3) is 5.00 Å². The third kappa shape index (κ3) is 3.11. The lowest BCUT2D eigenvalue weighted by Gasteiger charge is -2.10. The summed E-state index contributed by atoms with van der Waals surface area (Å²) in [4.78, 5) is 12.2. The molecule has 0 saturated heterocycles. The molecule has 2 heterocycles. The first kappa shape index (κ1) is 14.8. The standard InChI is InChI=1S/C15H20N2O2S/c1-11-5-6-12(2)17(11)15-13(7-10-20-15)14(18)16-8-4-9-19-3/h5-7,10H,4,8-9H2,1-3H3,(H,16,18). The number of aromatic nitrogens is 1. The SMILES string of the molecule is COCCCNC(=O)c1ccsc1-n1c(C)ccc1C. The number of thiophene rings is 1. The lowest BCUT2D eigenvalue weighted by Crippen LogP contribution is -2.25. The van der Waals surface area contributed by atoms with Gasteiger partial charge < -0.3 is 14.6 Å². The Hall–Kier alpha value is -1.59. The van der Waals surface area contributed by atoms with E-state index in [-0.39, 0.29) is 5.91 Å². The number of ether oxygens (including phenoxy) is 1. The summed E-state index contributed by atoms with van der Waals surface area (Å²) in [5.74, 6) is -0.0233. The molecule has 5 heteroatoms. The van der Waals surface area contributed by atoms with Crippen molar-refractivity contribution in [3.63, 3.8) is 0 Å². The van der Waals surface area contributed by atoms with Crippen molar-refractivity contribution in [3.05, 3.63) is 40.5 Å². The van der Waals surface area contributed by atoms with Gasteiger partial charge >= 0.3 is 0 Å². The Morgan fingerprint density at radius 2 is 2.00 bits per heavy atom. The number of nitrogens with one attached hydrogen (secondary N) is 1. The summed E-state index contributed by atoms with van der Waals surface area (Å²) in [6, 6.07) is 6.01. The molecule has 0 unspecified atom stereocenters. The quantitative estimate of drug-likeness (QED) is 0.832. The van der Waals surface area contributed by atoms with Gasteiger partial charge in [0.15, 0.2) is 0 Å². The van der Waals surface area contributed by atoms with Crippen LogP contribution in [0.15, 0.2) is 23.6 Å². The van der Waals surface area contributed by atoms with Crippen LogP contribution >= 0.6 is 11.3 Å². The molecule has 0 saturated carbocycles. The summed E-state index contributed by atoms with van der Waals surface area (Å²) in [6.45, 7) is 5.39.